The molecule has 0 radical (unpaired) electrons. The van der Waals surface area contributed by atoms with Crippen LogP contribution in [0.15, 0.2) is 12.1 Å². The molecule has 2 saturated carbocycles. The summed E-state index contributed by atoms with van der Waals surface area (Å²) >= 11 is 6.00. The summed E-state index contributed by atoms with van der Waals surface area (Å²) in [4.78, 5) is 0. The van der Waals surface area contributed by atoms with Crippen LogP contribution in [0.1, 0.15) is 82.6 Å². The highest BCUT2D eigenvalue weighted by Gasteiger charge is 2.32. The SMILES string of the molecule is CCCCOc1ccc(C2CCC(C3CCC(CCl)CC3)CC2)c(F)c1F. The summed E-state index contributed by atoms with van der Waals surface area (Å²) in [6, 6.07) is 3.36. The molecule has 1 aromatic rings. The molecule has 0 atom stereocenters. The third-order valence-electron chi connectivity index (χ3n) is 6.82. The van der Waals surface area contributed by atoms with E-state index in [0.717, 1.165) is 56.2 Å². The smallest absolute Gasteiger partial charge is 0.200 e. The number of rotatable bonds is 7. The van der Waals surface area contributed by atoms with Gasteiger partial charge in [0.1, 0.15) is 0 Å². The van der Waals surface area contributed by atoms with E-state index in [2.05, 4.69) is 0 Å². The van der Waals surface area contributed by atoms with Gasteiger partial charge in [-0.25, -0.2) is 4.39 Å². The van der Waals surface area contributed by atoms with Crippen molar-refractivity contribution in [3.63, 3.8) is 0 Å². The Bertz CT molecular complexity index is 590. The van der Waals surface area contributed by atoms with E-state index in [0.29, 0.717) is 18.1 Å². The molecule has 2 aliphatic carbocycles. The van der Waals surface area contributed by atoms with Gasteiger partial charge in [-0.05, 0) is 93.1 Å². The van der Waals surface area contributed by atoms with E-state index in [1.165, 1.54) is 25.7 Å². The van der Waals surface area contributed by atoms with Crippen LogP contribution in [-0.2, 0) is 0 Å². The van der Waals surface area contributed by atoms with E-state index in [1.807, 2.05) is 6.92 Å². The minimum absolute atomic E-state index is 0.0504. The monoisotopic (exact) mass is 398 g/mol. The Morgan fingerprint density at radius 3 is 2.15 bits per heavy atom. The van der Waals surface area contributed by atoms with Crippen LogP contribution in [0, 0.1) is 29.4 Å². The summed E-state index contributed by atoms with van der Waals surface area (Å²) in [5.74, 6) is 1.73. The van der Waals surface area contributed by atoms with Gasteiger partial charge in [0.2, 0.25) is 5.82 Å². The Kier molecular flexibility index (Phi) is 7.81. The molecule has 0 N–H and O–H groups in total. The molecule has 0 heterocycles. The van der Waals surface area contributed by atoms with Gasteiger partial charge in [0.25, 0.3) is 0 Å². The van der Waals surface area contributed by atoms with Crippen molar-refractivity contribution < 1.29 is 13.5 Å². The molecule has 2 aliphatic rings. The maximum absolute atomic E-state index is 14.6. The van der Waals surface area contributed by atoms with Gasteiger partial charge in [-0.2, -0.15) is 4.39 Å². The zero-order chi connectivity index (χ0) is 19.2. The van der Waals surface area contributed by atoms with Crippen molar-refractivity contribution in [2.75, 3.05) is 12.5 Å². The van der Waals surface area contributed by atoms with Crippen LogP contribution in [0.4, 0.5) is 8.78 Å². The lowest BCUT2D eigenvalue weighted by Gasteiger charge is -2.37. The first-order valence-corrected chi connectivity index (χ1v) is 11.3. The van der Waals surface area contributed by atoms with Crippen molar-refractivity contribution in [1.82, 2.24) is 0 Å². The second-order valence-electron chi connectivity index (χ2n) is 8.53. The lowest BCUT2D eigenvalue weighted by Crippen LogP contribution is -2.26. The van der Waals surface area contributed by atoms with E-state index in [4.69, 9.17) is 16.3 Å². The van der Waals surface area contributed by atoms with E-state index in [-0.39, 0.29) is 11.7 Å². The Balaban J connectivity index is 1.55. The number of alkyl halides is 1. The second kappa shape index (κ2) is 10.1. The quantitative estimate of drug-likeness (QED) is 0.342. The molecule has 3 rings (SSSR count). The highest BCUT2D eigenvalue weighted by molar-refractivity contribution is 6.18. The lowest BCUT2D eigenvalue weighted by molar-refractivity contribution is 0.165. The summed E-state index contributed by atoms with van der Waals surface area (Å²) < 4.78 is 34.4. The average Bonchev–Trinajstić information content (AvgIpc) is 2.72. The number of ether oxygens (including phenoxy) is 1. The van der Waals surface area contributed by atoms with Crippen molar-refractivity contribution in [2.24, 2.45) is 17.8 Å². The first-order chi connectivity index (χ1) is 13.1. The van der Waals surface area contributed by atoms with Crippen LogP contribution < -0.4 is 4.74 Å². The molecule has 0 saturated heterocycles. The molecule has 0 amide bonds. The fourth-order valence-corrected chi connectivity index (χ4v) is 5.32. The predicted octanol–water partition coefficient (Wildman–Crippen LogP) is 7.46. The molecule has 0 unspecified atom stereocenters. The van der Waals surface area contributed by atoms with Crippen molar-refractivity contribution in [2.45, 2.75) is 77.0 Å². The molecule has 0 bridgehead atoms. The third-order valence-corrected chi connectivity index (χ3v) is 7.26. The minimum Gasteiger partial charge on any atom is -0.490 e. The molecule has 0 aromatic heterocycles. The molecule has 0 spiro atoms. The Hall–Kier alpha value is -0.830. The molecule has 4 heteroatoms. The molecule has 1 aromatic carbocycles. The van der Waals surface area contributed by atoms with Crippen LogP contribution in [-0.4, -0.2) is 12.5 Å². The zero-order valence-electron chi connectivity index (χ0n) is 16.5. The van der Waals surface area contributed by atoms with Gasteiger partial charge < -0.3 is 4.74 Å². The molecule has 27 heavy (non-hydrogen) atoms. The number of hydrogen-bond acceptors (Lipinski definition) is 1. The third kappa shape index (κ3) is 5.16. The van der Waals surface area contributed by atoms with Crippen LogP contribution in [0.2, 0.25) is 0 Å². The predicted molar refractivity (Wildman–Crippen MR) is 108 cm³/mol. The zero-order valence-corrected chi connectivity index (χ0v) is 17.2. The lowest BCUT2D eigenvalue weighted by atomic mass is 9.68. The molecular weight excluding hydrogens is 366 g/mol. The molecule has 152 valence electrons. The van der Waals surface area contributed by atoms with Crippen molar-refractivity contribution >= 4 is 11.6 Å². The average molecular weight is 399 g/mol. The number of benzene rings is 1. The van der Waals surface area contributed by atoms with Crippen LogP contribution in [0.25, 0.3) is 0 Å². The van der Waals surface area contributed by atoms with Gasteiger partial charge in [0.05, 0.1) is 6.61 Å². The fraction of sp³-hybridized carbons (Fsp3) is 0.739. The van der Waals surface area contributed by atoms with Crippen molar-refractivity contribution in [3.05, 3.63) is 29.3 Å². The molecule has 1 nitrogen and oxygen atoms in total. The molecule has 2 fully saturated rings. The summed E-state index contributed by atoms with van der Waals surface area (Å²) in [6.45, 7) is 2.48. The van der Waals surface area contributed by atoms with Crippen LogP contribution >= 0.6 is 11.6 Å². The van der Waals surface area contributed by atoms with E-state index in [1.54, 1.807) is 12.1 Å². The normalized spacial score (nSPS) is 28.9. The fourth-order valence-electron chi connectivity index (χ4n) is 5.02. The highest BCUT2D eigenvalue weighted by Crippen LogP contribution is 2.45. The molecular formula is C23H33ClF2O. The summed E-state index contributed by atoms with van der Waals surface area (Å²) in [6.07, 6.45) is 11.1. The van der Waals surface area contributed by atoms with Gasteiger partial charge in [-0.15, -0.1) is 11.6 Å². The van der Waals surface area contributed by atoms with E-state index >= 15 is 0 Å². The van der Waals surface area contributed by atoms with E-state index < -0.39 is 11.6 Å². The van der Waals surface area contributed by atoms with Gasteiger partial charge in [-0.3, -0.25) is 0 Å². The van der Waals surface area contributed by atoms with Gasteiger partial charge in [0.15, 0.2) is 11.6 Å². The topological polar surface area (TPSA) is 9.23 Å². The maximum atomic E-state index is 14.6. The van der Waals surface area contributed by atoms with Crippen molar-refractivity contribution in [1.29, 1.82) is 0 Å². The summed E-state index contributed by atoms with van der Waals surface area (Å²) in [7, 11) is 0. The van der Waals surface area contributed by atoms with Gasteiger partial charge in [-0.1, -0.05) is 19.4 Å². The summed E-state index contributed by atoms with van der Waals surface area (Å²) in [5.41, 5.74) is 0.541. The number of hydrogen-bond donors (Lipinski definition) is 0. The van der Waals surface area contributed by atoms with Crippen LogP contribution in [0.3, 0.4) is 0 Å². The van der Waals surface area contributed by atoms with Crippen molar-refractivity contribution in [3.8, 4) is 5.75 Å². The summed E-state index contributed by atoms with van der Waals surface area (Å²) in [5, 5.41) is 0. The Labute approximate surface area is 167 Å². The largest absolute Gasteiger partial charge is 0.490 e. The van der Waals surface area contributed by atoms with Gasteiger partial charge >= 0.3 is 0 Å². The minimum atomic E-state index is -0.815. The Morgan fingerprint density at radius 1 is 0.926 bits per heavy atom. The highest BCUT2D eigenvalue weighted by atomic mass is 35.5. The second-order valence-corrected chi connectivity index (χ2v) is 8.84. The Morgan fingerprint density at radius 2 is 1.56 bits per heavy atom. The van der Waals surface area contributed by atoms with Crippen LogP contribution in [0.5, 0.6) is 5.75 Å². The number of unbranched alkanes of at least 4 members (excludes halogenated alkanes) is 1. The van der Waals surface area contributed by atoms with Gasteiger partial charge in [0, 0.05) is 5.88 Å². The maximum Gasteiger partial charge on any atom is 0.200 e. The number of halogens is 3. The van der Waals surface area contributed by atoms with E-state index in [9.17, 15) is 8.78 Å². The first-order valence-electron chi connectivity index (χ1n) is 10.8. The standard InChI is InChI=1S/C23H33ClF2O/c1-2-3-14-27-21-13-12-20(22(25)23(21)26)19-10-8-18(9-11-19)17-6-4-16(15-24)5-7-17/h12-13,16-19H,2-11,14-15H2,1H3. The first kappa shape index (κ1) is 20.9. The molecule has 0 aliphatic heterocycles.